The van der Waals surface area contributed by atoms with E-state index in [2.05, 4.69) is 20.6 Å². The summed E-state index contributed by atoms with van der Waals surface area (Å²) in [6, 6.07) is 6.85. The number of sulfone groups is 1. The molecule has 0 aliphatic heterocycles. The number of hydrogen-bond acceptors (Lipinski definition) is 6. The minimum absolute atomic E-state index is 0.0929. The zero-order valence-corrected chi connectivity index (χ0v) is 18.0. The number of aromatic nitrogens is 2. The molecule has 1 aromatic heterocycles. The molecule has 0 aliphatic rings. The maximum Gasteiger partial charge on any atom is 0.225 e. The second-order valence-corrected chi connectivity index (χ2v) is 11.1. The minimum atomic E-state index is -3.36. The van der Waals surface area contributed by atoms with Crippen LogP contribution in [0.4, 0.5) is 17.5 Å². The summed E-state index contributed by atoms with van der Waals surface area (Å²) in [5.74, 6) is 1.25. The summed E-state index contributed by atoms with van der Waals surface area (Å²) in [5.41, 5.74) is 1.08. The van der Waals surface area contributed by atoms with Crippen LogP contribution in [0.25, 0.3) is 0 Å². The molecule has 0 radical (unpaired) electrons. The van der Waals surface area contributed by atoms with E-state index in [1.807, 2.05) is 54.5 Å². The Morgan fingerprint density at radius 1 is 1.07 bits per heavy atom. The molecule has 0 fully saturated rings. The monoisotopic (exact) mass is 390 g/mol. The first-order valence-electron chi connectivity index (χ1n) is 8.97. The van der Waals surface area contributed by atoms with Gasteiger partial charge in [0, 0.05) is 23.0 Å². The van der Waals surface area contributed by atoms with Crippen molar-refractivity contribution in [2.45, 2.75) is 58.9 Å². The van der Waals surface area contributed by atoms with Crippen molar-refractivity contribution in [3.05, 3.63) is 36.0 Å². The van der Waals surface area contributed by atoms with Gasteiger partial charge < -0.3 is 10.6 Å². The van der Waals surface area contributed by atoms with E-state index in [0.29, 0.717) is 22.3 Å². The average Bonchev–Trinajstić information content (AvgIpc) is 2.47. The van der Waals surface area contributed by atoms with E-state index in [1.54, 1.807) is 24.4 Å². The van der Waals surface area contributed by atoms with Gasteiger partial charge in [-0.3, -0.25) is 0 Å². The fourth-order valence-electron chi connectivity index (χ4n) is 2.52. The Balaban J connectivity index is 2.30. The van der Waals surface area contributed by atoms with Crippen LogP contribution in [0.2, 0.25) is 0 Å². The fraction of sp³-hybridized carbons (Fsp3) is 0.500. The van der Waals surface area contributed by atoms with Gasteiger partial charge in [-0.2, -0.15) is 4.98 Å². The molecule has 0 saturated heterocycles. The highest BCUT2D eigenvalue weighted by atomic mass is 32.2. The Kier molecular flexibility index (Phi) is 5.85. The van der Waals surface area contributed by atoms with Crippen LogP contribution in [0, 0.1) is 12.3 Å². The first-order chi connectivity index (χ1) is 12.3. The highest BCUT2D eigenvalue weighted by molar-refractivity contribution is 7.91. The summed E-state index contributed by atoms with van der Waals surface area (Å²) in [6.07, 6.45) is 1.74. The normalized spacial score (nSPS) is 12.7. The van der Waals surface area contributed by atoms with Gasteiger partial charge in [-0.15, -0.1) is 0 Å². The summed E-state index contributed by atoms with van der Waals surface area (Å²) in [6.45, 7) is 13.8. The van der Waals surface area contributed by atoms with E-state index in [9.17, 15) is 8.42 Å². The Morgan fingerprint density at radius 2 is 1.74 bits per heavy atom. The smallest absolute Gasteiger partial charge is 0.225 e. The zero-order valence-electron chi connectivity index (χ0n) is 17.2. The second kappa shape index (κ2) is 7.46. The number of anilines is 3. The molecule has 0 unspecified atom stereocenters. The standard InChI is InChI=1S/C20H30N4O2S/c1-14-12-21-18(24-20(5,6)7)23-17(14)22-15-9-8-10-16(11-15)27(25,26)13-19(2,3)4/h8-12H,13H2,1-7H3,(H2,21,22,23,24). The molecule has 1 heterocycles. The lowest BCUT2D eigenvalue weighted by molar-refractivity contribution is 0.462. The van der Waals surface area contributed by atoms with Crippen LogP contribution in [0.1, 0.15) is 47.1 Å². The van der Waals surface area contributed by atoms with Crippen LogP contribution >= 0.6 is 0 Å². The summed E-state index contributed by atoms with van der Waals surface area (Å²) < 4.78 is 25.3. The maximum atomic E-state index is 12.7. The molecular formula is C20H30N4O2S. The highest BCUT2D eigenvalue weighted by Crippen LogP contribution is 2.26. The van der Waals surface area contributed by atoms with E-state index in [4.69, 9.17) is 0 Å². The summed E-state index contributed by atoms with van der Waals surface area (Å²) in [7, 11) is -3.36. The van der Waals surface area contributed by atoms with Crippen molar-refractivity contribution < 1.29 is 8.42 Å². The van der Waals surface area contributed by atoms with Gasteiger partial charge in [-0.05, 0) is 51.3 Å². The topological polar surface area (TPSA) is 84.0 Å². The van der Waals surface area contributed by atoms with Gasteiger partial charge in [-0.1, -0.05) is 26.8 Å². The summed E-state index contributed by atoms with van der Waals surface area (Å²) in [4.78, 5) is 9.13. The molecular weight excluding hydrogens is 360 g/mol. The Hall–Kier alpha value is -2.15. The van der Waals surface area contributed by atoms with E-state index < -0.39 is 9.84 Å². The first-order valence-corrected chi connectivity index (χ1v) is 10.6. The largest absolute Gasteiger partial charge is 0.350 e. The predicted molar refractivity (Wildman–Crippen MR) is 111 cm³/mol. The van der Waals surface area contributed by atoms with E-state index in [1.165, 1.54) is 0 Å². The summed E-state index contributed by atoms with van der Waals surface area (Å²) >= 11 is 0. The minimum Gasteiger partial charge on any atom is -0.350 e. The lowest BCUT2D eigenvalue weighted by Gasteiger charge is -2.21. The molecule has 0 amide bonds. The van der Waals surface area contributed by atoms with Crippen molar-refractivity contribution in [3.8, 4) is 0 Å². The molecule has 6 nitrogen and oxygen atoms in total. The van der Waals surface area contributed by atoms with Gasteiger partial charge in [0.25, 0.3) is 0 Å². The van der Waals surface area contributed by atoms with Crippen LogP contribution in [-0.2, 0) is 9.84 Å². The van der Waals surface area contributed by atoms with Crippen LogP contribution in [0.3, 0.4) is 0 Å². The van der Waals surface area contributed by atoms with Gasteiger partial charge >= 0.3 is 0 Å². The molecule has 1 aromatic carbocycles. The molecule has 27 heavy (non-hydrogen) atoms. The summed E-state index contributed by atoms with van der Waals surface area (Å²) in [5, 5.41) is 6.46. The maximum absolute atomic E-state index is 12.7. The van der Waals surface area contributed by atoms with Crippen molar-refractivity contribution in [3.63, 3.8) is 0 Å². The third-order valence-electron chi connectivity index (χ3n) is 3.54. The highest BCUT2D eigenvalue weighted by Gasteiger charge is 2.23. The van der Waals surface area contributed by atoms with Crippen molar-refractivity contribution in [1.29, 1.82) is 0 Å². The van der Waals surface area contributed by atoms with Crippen molar-refractivity contribution >= 4 is 27.3 Å². The molecule has 0 spiro atoms. The van der Waals surface area contributed by atoms with Gasteiger partial charge in [0.15, 0.2) is 9.84 Å². The number of rotatable bonds is 5. The van der Waals surface area contributed by atoms with Gasteiger partial charge in [0.1, 0.15) is 5.82 Å². The van der Waals surface area contributed by atoms with Crippen molar-refractivity contribution in [2.75, 3.05) is 16.4 Å². The van der Waals surface area contributed by atoms with Crippen LogP contribution < -0.4 is 10.6 Å². The Morgan fingerprint density at radius 3 is 2.33 bits per heavy atom. The molecule has 2 rings (SSSR count). The number of benzene rings is 1. The molecule has 0 bridgehead atoms. The van der Waals surface area contributed by atoms with Gasteiger partial charge in [0.05, 0.1) is 10.6 Å². The predicted octanol–water partition coefficient (Wildman–Crippen LogP) is 4.56. The fourth-order valence-corrected chi connectivity index (χ4v) is 4.42. The van der Waals surface area contributed by atoms with E-state index in [0.717, 1.165) is 5.56 Å². The van der Waals surface area contributed by atoms with Gasteiger partial charge in [0.2, 0.25) is 5.95 Å². The average molecular weight is 391 g/mol. The molecule has 0 atom stereocenters. The third kappa shape index (κ3) is 6.50. The number of nitrogens with one attached hydrogen (secondary N) is 2. The Bertz CT molecular complexity index is 910. The van der Waals surface area contributed by atoms with Crippen LogP contribution in [-0.4, -0.2) is 29.7 Å². The van der Waals surface area contributed by atoms with Crippen molar-refractivity contribution in [1.82, 2.24) is 9.97 Å². The van der Waals surface area contributed by atoms with E-state index >= 15 is 0 Å². The number of aryl methyl sites for hydroxylation is 1. The quantitative estimate of drug-likeness (QED) is 0.779. The van der Waals surface area contributed by atoms with Crippen molar-refractivity contribution in [2.24, 2.45) is 5.41 Å². The van der Waals surface area contributed by atoms with Gasteiger partial charge in [-0.25, -0.2) is 13.4 Å². The zero-order chi connectivity index (χ0) is 20.5. The SMILES string of the molecule is Cc1cnc(NC(C)(C)C)nc1Nc1cccc(S(=O)(=O)CC(C)(C)C)c1. The molecule has 2 N–H and O–H groups in total. The molecule has 7 heteroatoms. The Labute approximate surface area is 162 Å². The van der Waals surface area contributed by atoms with Crippen LogP contribution in [0.15, 0.2) is 35.4 Å². The molecule has 2 aromatic rings. The van der Waals surface area contributed by atoms with E-state index in [-0.39, 0.29) is 16.7 Å². The first kappa shape index (κ1) is 21.2. The molecule has 0 saturated carbocycles. The number of nitrogens with zero attached hydrogens (tertiary/aromatic N) is 2. The number of hydrogen-bond donors (Lipinski definition) is 2. The molecule has 148 valence electrons. The van der Waals surface area contributed by atoms with Crippen LogP contribution in [0.5, 0.6) is 0 Å². The lowest BCUT2D eigenvalue weighted by Crippen LogP contribution is -2.27. The lowest BCUT2D eigenvalue weighted by atomic mass is 10.0. The third-order valence-corrected chi connectivity index (χ3v) is 5.76. The molecule has 0 aliphatic carbocycles. The second-order valence-electron chi connectivity index (χ2n) is 9.07.